The van der Waals surface area contributed by atoms with Gasteiger partial charge in [0.05, 0.1) is 0 Å². The first-order valence-corrected chi connectivity index (χ1v) is 7.67. The summed E-state index contributed by atoms with van der Waals surface area (Å²) < 4.78 is 0. The molecule has 1 atom stereocenters. The highest BCUT2D eigenvalue weighted by Gasteiger charge is 2.15. The van der Waals surface area contributed by atoms with E-state index in [9.17, 15) is 4.79 Å². The quantitative estimate of drug-likeness (QED) is 0.883. The van der Waals surface area contributed by atoms with Crippen molar-refractivity contribution in [2.45, 2.75) is 19.3 Å². The number of carbonyl (C=O) groups is 1. The second-order valence-electron chi connectivity index (χ2n) is 5.65. The first-order chi connectivity index (χ1) is 10.8. The summed E-state index contributed by atoms with van der Waals surface area (Å²) in [6.07, 6.45) is 7.78. The van der Waals surface area contributed by atoms with Gasteiger partial charge >= 0.3 is 0 Å². The normalized spacial score (nSPS) is 16.6. The summed E-state index contributed by atoms with van der Waals surface area (Å²) in [5.74, 6) is 0.730. The minimum atomic E-state index is 0. The van der Waals surface area contributed by atoms with Crippen LogP contribution in [0.4, 0.5) is 5.69 Å². The molecule has 1 fully saturated rings. The van der Waals surface area contributed by atoms with Gasteiger partial charge in [-0.1, -0.05) is 12.1 Å². The molecule has 0 radical (unpaired) electrons. The Hall–Kier alpha value is -1.98. The van der Waals surface area contributed by atoms with E-state index in [1.807, 2.05) is 24.3 Å². The lowest BCUT2D eigenvalue weighted by molar-refractivity contribution is -0.116. The van der Waals surface area contributed by atoms with Crippen LogP contribution < -0.4 is 10.6 Å². The van der Waals surface area contributed by atoms with Crippen LogP contribution in [0.1, 0.15) is 19.3 Å². The molecule has 122 valence electrons. The number of benzene rings is 1. The van der Waals surface area contributed by atoms with Crippen LogP contribution in [-0.2, 0) is 4.79 Å². The Bertz CT molecular complexity index is 612. The Morgan fingerprint density at radius 2 is 1.91 bits per heavy atom. The van der Waals surface area contributed by atoms with E-state index in [2.05, 4.69) is 20.6 Å². The number of rotatable bonds is 5. The van der Waals surface area contributed by atoms with Crippen LogP contribution in [0.5, 0.6) is 0 Å². The summed E-state index contributed by atoms with van der Waals surface area (Å²) in [5.41, 5.74) is 2.83. The van der Waals surface area contributed by atoms with Gasteiger partial charge in [0.2, 0.25) is 5.91 Å². The summed E-state index contributed by atoms with van der Waals surface area (Å²) in [4.78, 5) is 20.0. The lowest BCUT2D eigenvalue weighted by Crippen LogP contribution is -2.14. The van der Waals surface area contributed by atoms with Gasteiger partial charge in [0, 0.05) is 30.1 Å². The van der Waals surface area contributed by atoms with Gasteiger partial charge in [-0.25, -0.2) is 9.97 Å². The minimum absolute atomic E-state index is 0. The van der Waals surface area contributed by atoms with Gasteiger partial charge in [0.1, 0.15) is 6.33 Å². The van der Waals surface area contributed by atoms with Gasteiger partial charge in [-0.2, -0.15) is 0 Å². The van der Waals surface area contributed by atoms with Gasteiger partial charge in [0.15, 0.2) is 0 Å². The third kappa shape index (κ3) is 5.01. The zero-order valence-corrected chi connectivity index (χ0v) is 13.7. The molecule has 2 N–H and O–H groups in total. The number of nitrogens with zero attached hydrogens (tertiary/aromatic N) is 2. The molecule has 3 rings (SSSR count). The average Bonchev–Trinajstić information content (AvgIpc) is 3.08. The second-order valence-corrected chi connectivity index (χ2v) is 5.65. The molecule has 1 amide bonds. The third-order valence-corrected chi connectivity index (χ3v) is 4.00. The predicted molar refractivity (Wildman–Crippen MR) is 93.6 cm³/mol. The van der Waals surface area contributed by atoms with Crippen molar-refractivity contribution >= 4 is 24.0 Å². The first-order valence-electron chi connectivity index (χ1n) is 7.67. The van der Waals surface area contributed by atoms with E-state index >= 15 is 0 Å². The highest BCUT2D eigenvalue weighted by atomic mass is 35.5. The molecule has 5 nitrogen and oxygen atoms in total. The van der Waals surface area contributed by atoms with Crippen molar-refractivity contribution in [1.82, 2.24) is 15.3 Å². The van der Waals surface area contributed by atoms with Crippen molar-refractivity contribution in [3.63, 3.8) is 0 Å². The summed E-state index contributed by atoms with van der Waals surface area (Å²) in [5, 5.41) is 6.28. The molecule has 6 heteroatoms. The average molecular weight is 333 g/mol. The molecule has 0 saturated carbocycles. The lowest BCUT2D eigenvalue weighted by Gasteiger charge is -2.09. The molecular weight excluding hydrogens is 312 g/mol. The monoisotopic (exact) mass is 332 g/mol. The topological polar surface area (TPSA) is 66.9 Å². The van der Waals surface area contributed by atoms with Crippen LogP contribution in [0.3, 0.4) is 0 Å². The molecule has 1 aliphatic heterocycles. The molecule has 1 aliphatic rings. The predicted octanol–water partition coefficient (Wildman–Crippen LogP) is 2.89. The van der Waals surface area contributed by atoms with Crippen molar-refractivity contribution in [2.75, 3.05) is 18.4 Å². The fourth-order valence-electron chi connectivity index (χ4n) is 2.71. The Morgan fingerprint density at radius 1 is 1.17 bits per heavy atom. The van der Waals surface area contributed by atoms with Gasteiger partial charge in [-0.15, -0.1) is 12.4 Å². The fraction of sp³-hybridized carbons (Fsp3) is 0.353. The molecule has 1 saturated heterocycles. The molecule has 2 aromatic rings. The van der Waals surface area contributed by atoms with E-state index in [0.29, 0.717) is 12.3 Å². The molecule has 0 spiro atoms. The van der Waals surface area contributed by atoms with Gasteiger partial charge in [-0.3, -0.25) is 4.79 Å². The maximum atomic E-state index is 12.0. The van der Waals surface area contributed by atoms with Crippen molar-refractivity contribution < 1.29 is 4.79 Å². The highest BCUT2D eigenvalue weighted by molar-refractivity contribution is 5.90. The van der Waals surface area contributed by atoms with Crippen molar-refractivity contribution in [1.29, 1.82) is 0 Å². The number of aromatic nitrogens is 2. The van der Waals surface area contributed by atoms with Crippen LogP contribution in [0.2, 0.25) is 0 Å². The number of hydrogen-bond acceptors (Lipinski definition) is 4. The molecule has 1 aromatic carbocycles. The van der Waals surface area contributed by atoms with Crippen molar-refractivity contribution in [3.8, 4) is 11.1 Å². The summed E-state index contributed by atoms with van der Waals surface area (Å²) in [6.45, 7) is 2.12. The molecular formula is C17H21ClN4O. The van der Waals surface area contributed by atoms with Gasteiger partial charge < -0.3 is 10.6 Å². The maximum absolute atomic E-state index is 12.0. The number of anilines is 1. The first kappa shape index (κ1) is 17.4. The fourth-order valence-corrected chi connectivity index (χ4v) is 2.71. The zero-order chi connectivity index (χ0) is 15.2. The molecule has 0 bridgehead atoms. The van der Waals surface area contributed by atoms with Crippen LogP contribution >= 0.6 is 12.4 Å². The summed E-state index contributed by atoms with van der Waals surface area (Å²) in [7, 11) is 0. The molecule has 1 aromatic heterocycles. The third-order valence-electron chi connectivity index (χ3n) is 4.00. The Balaban J connectivity index is 0.00000192. The summed E-state index contributed by atoms with van der Waals surface area (Å²) >= 11 is 0. The Kier molecular flexibility index (Phi) is 6.50. The van der Waals surface area contributed by atoms with E-state index in [1.165, 1.54) is 12.7 Å². The second kappa shape index (κ2) is 8.60. The van der Waals surface area contributed by atoms with E-state index in [-0.39, 0.29) is 18.3 Å². The number of nitrogens with one attached hydrogen (secondary N) is 2. The smallest absolute Gasteiger partial charge is 0.224 e. The van der Waals surface area contributed by atoms with E-state index in [1.54, 1.807) is 12.4 Å². The lowest BCUT2D eigenvalue weighted by atomic mass is 10.0. The SMILES string of the molecule is Cl.O=C(CCC1CCNC1)Nc1ccc(-c2cncnc2)cc1. The molecule has 23 heavy (non-hydrogen) atoms. The number of carbonyl (C=O) groups excluding carboxylic acids is 1. The van der Waals surface area contributed by atoms with Crippen molar-refractivity contribution in [3.05, 3.63) is 43.0 Å². The maximum Gasteiger partial charge on any atom is 0.224 e. The van der Waals surface area contributed by atoms with E-state index < -0.39 is 0 Å². The highest BCUT2D eigenvalue weighted by Crippen LogP contribution is 2.20. The Labute approximate surface area is 142 Å². The van der Waals surface area contributed by atoms with Crippen LogP contribution in [0.25, 0.3) is 11.1 Å². The number of amides is 1. The van der Waals surface area contributed by atoms with E-state index in [0.717, 1.165) is 36.3 Å². The van der Waals surface area contributed by atoms with Crippen LogP contribution in [-0.4, -0.2) is 29.0 Å². The van der Waals surface area contributed by atoms with Gasteiger partial charge in [0.25, 0.3) is 0 Å². The van der Waals surface area contributed by atoms with Crippen LogP contribution in [0, 0.1) is 5.92 Å². The number of hydrogen-bond donors (Lipinski definition) is 2. The standard InChI is InChI=1S/C17H20N4O.ClH/c22-17(6-1-13-7-8-18-9-13)21-16-4-2-14(3-5-16)15-10-19-12-20-11-15;/h2-5,10-13,18H,1,6-9H2,(H,21,22);1H. The number of halogens is 1. The zero-order valence-electron chi connectivity index (χ0n) is 12.9. The largest absolute Gasteiger partial charge is 0.326 e. The van der Waals surface area contributed by atoms with Crippen LogP contribution in [0.15, 0.2) is 43.0 Å². The Morgan fingerprint density at radius 3 is 2.57 bits per heavy atom. The molecule has 0 aliphatic carbocycles. The minimum Gasteiger partial charge on any atom is -0.326 e. The van der Waals surface area contributed by atoms with Gasteiger partial charge in [-0.05, 0) is 49.5 Å². The molecule has 1 unspecified atom stereocenters. The van der Waals surface area contributed by atoms with E-state index in [4.69, 9.17) is 0 Å². The van der Waals surface area contributed by atoms with Crippen molar-refractivity contribution in [2.24, 2.45) is 5.92 Å². The molecule has 2 heterocycles. The summed E-state index contributed by atoms with van der Waals surface area (Å²) in [6, 6.07) is 7.76.